The number of halogens is 3. The average Bonchev–Trinajstić information content (AvgIpc) is 1.50. The number of carboxylic acids is 1. The number of esters is 10. The van der Waals surface area contributed by atoms with Gasteiger partial charge in [-0.3, -0.25) is 74.0 Å². The SMILES string of the molecule is CCOC(=O)C(C(=O)OC(C)(C)C)c1cc(C(=O)OC)nc(OC)c1N.CCOC(=O)C(C(=O)OC(C)(C)C)c1cc(C(=O)OC)nc(OC)c1[N+](=O)[O-].CCOC(=O)CC(=O)OC(C)(C)C.COC(=O)c1cc(Cl)c([N+](=O)[O-])c(OC)n1.COC(=O)c1cc2c(c(OC)n1)CC(=O)C2.COc1nc(C(=O)O)cc(Cl)c1[N+](=O)[O-].COc1nc(C)cc(Cl)c1[N+](=O)[O-]. The molecule has 0 saturated carbocycles. The first-order valence-corrected chi connectivity index (χ1v) is 37.2. The number of nitrogens with zero attached hydrogens (tertiary/aromatic N) is 10. The Kier molecular flexibility index (Phi) is 44.6. The van der Waals surface area contributed by atoms with Gasteiger partial charge in [0.2, 0.25) is 11.8 Å². The van der Waals surface area contributed by atoms with Gasteiger partial charge in [0.1, 0.15) is 44.1 Å². The highest BCUT2D eigenvalue weighted by atomic mass is 35.5. The lowest BCUT2D eigenvalue weighted by molar-refractivity contribution is -0.387. The van der Waals surface area contributed by atoms with Crippen molar-refractivity contribution < 1.29 is 158 Å². The van der Waals surface area contributed by atoms with Gasteiger partial charge in [0.25, 0.3) is 23.5 Å². The molecular formula is C76H92Cl3N11O37. The number of carbonyl (C=O) groups excluding carboxylic acids is 11. The van der Waals surface area contributed by atoms with Crippen LogP contribution in [0, 0.1) is 47.4 Å². The molecule has 0 bridgehead atoms. The lowest BCUT2D eigenvalue weighted by Gasteiger charge is -2.24. The predicted octanol–water partition coefficient (Wildman–Crippen LogP) is 9.80. The molecule has 6 heterocycles. The fourth-order valence-electron chi connectivity index (χ4n) is 9.63. The predicted molar refractivity (Wildman–Crippen MR) is 438 cm³/mol. The van der Waals surface area contributed by atoms with Crippen LogP contribution in [-0.2, 0) is 93.8 Å². The standard InChI is InChI=1S/C17H22N2O9.C17H24N2O7.C11H11NO4.C9H16O4.C8H7ClN2O5.C7H5ClN2O5.C7H7ClN2O3/c1-7-27-15(21)11(16(22)28-17(2,3)4)9-8-10(14(20)26-6)18-13(25-5)12(9)19(23)24;1-7-25-15(21)11(16(22)26-17(2,3)4)9-8-10(14(20)24-6)19-13(23-5)12(9)18;1-15-10-8-5-7(13)3-6(8)4-9(12-10)11(14)16-2;1-5-12-7(10)6-8(11)13-9(2,3)4;1-15-7-6(11(13)14)4(9)3-5(10-7)8(12)16-2;1-15-6-5(10(13)14)3(8)2-4(9-6)7(11)12;1-4-3-5(8)6(10(11)12)7(9-4)13-2/h8,11H,7H2,1-6H3;8,11H,7,18H2,1-6H3;4H,3,5H2,1-2H3;5-6H2,1-4H3;3H,1-2H3;2H,1H3,(H,11,12);3H,1-2H3. The van der Waals surface area contributed by atoms with Gasteiger partial charge >= 0.3 is 88.4 Å². The highest BCUT2D eigenvalue weighted by molar-refractivity contribution is 6.34. The van der Waals surface area contributed by atoms with Gasteiger partial charge in [-0.2, -0.15) is 0 Å². The molecule has 2 unspecified atom stereocenters. The lowest BCUT2D eigenvalue weighted by Crippen LogP contribution is -2.33. The monoisotopic (exact) mass is 1860 g/mol. The number of nitro groups is 4. The number of Topliss-reactive ketones (excluding diaryl/α,β-unsaturated/α-hetero) is 1. The lowest BCUT2D eigenvalue weighted by atomic mass is 9.96. The number of carbonyl (C=O) groups is 12. The third kappa shape index (κ3) is 34.5. The molecule has 0 aliphatic heterocycles. The molecule has 1 aliphatic rings. The first-order valence-electron chi connectivity index (χ1n) is 36.1. The largest absolute Gasteiger partial charge is 0.481 e. The summed E-state index contributed by atoms with van der Waals surface area (Å²) >= 11 is 16.8. The van der Waals surface area contributed by atoms with E-state index in [0.29, 0.717) is 24.4 Å². The number of rotatable bonds is 26. The van der Waals surface area contributed by atoms with Crippen LogP contribution >= 0.6 is 34.8 Å². The van der Waals surface area contributed by atoms with Crippen molar-refractivity contribution in [2.24, 2.45) is 0 Å². The summed E-state index contributed by atoms with van der Waals surface area (Å²) in [5.74, 6) is -13.7. The number of aromatic carboxylic acids is 1. The van der Waals surface area contributed by atoms with Crippen LogP contribution in [0.5, 0.6) is 35.3 Å². The molecular weight excluding hydrogens is 1770 g/mol. The molecule has 0 fully saturated rings. The van der Waals surface area contributed by atoms with Gasteiger partial charge < -0.3 is 86.6 Å². The molecule has 3 N–H and O–H groups in total. The van der Waals surface area contributed by atoms with Crippen molar-refractivity contribution in [1.29, 1.82) is 0 Å². The molecule has 0 spiro atoms. The maximum absolute atomic E-state index is 12.7. The second-order valence-corrected chi connectivity index (χ2v) is 28.3. The molecule has 48 nitrogen and oxygen atoms in total. The van der Waals surface area contributed by atoms with E-state index in [9.17, 15) is 98.0 Å². The van der Waals surface area contributed by atoms with Crippen LogP contribution in [0.3, 0.4) is 0 Å². The average molecular weight is 1860 g/mol. The van der Waals surface area contributed by atoms with Crippen molar-refractivity contribution in [1.82, 2.24) is 29.9 Å². The summed E-state index contributed by atoms with van der Waals surface area (Å²) in [6.07, 6.45) is 0.344. The minimum Gasteiger partial charge on any atom is -0.481 e. The molecule has 0 radical (unpaired) electrons. The molecule has 2 atom stereocenters. The van der Waals surface area contributed by atoms with Crippen LogP contribution in [0.1, 0.15) is 182 Å². The molecule has 6 aromatic heterocycles. The van der Waals surface area contributed by atoms with Crippen molar-refractivity contribution in [2.45, 2.75) is 138 Å². The van der Waals surface area contributed by atoms with E-state index >= 15 is 0 Å². The van der Waals surface area contributed by atoms with Crippen molar-refractivity contribution in [3.05, 3.63) is 148 Å². The molecule has 0 saturated heterocycles. The second-order valence-electron chi connectivity index (χ2n) is 27.1. The summed E-state index contributed by atoms with van der Waals surface area (Å²) < 4.78 is 77.1. The van der Waals surface area contributed by atoms with E-state index in [0.717, 1.165) is 57.8 Å². The molecule has 7 rings (SSSR count). The summed E-state index contributed by atoms with van der Waals surface area (Å²) in [5.41, 5.74) is 2.15. The number of aryl methyl sites for hydroxylation is 1. The quantitative estimate of drug-likeness (QED) is 0.0168. The van der Waals surface area contributed by atoms with Crippen molar-refractivity contribution >= 4 is 135 Å². The Bertz CT molecular complexity index is 5070. The Morgan fingerprint density at radius 2 is 0.732 bits per heavy atom. The minimum absolute atomic E-state index is 0.00931. The molecule has 127 heavy (non-hydrogen) atoms. The third-order valence-corrected chi connectivity index (χ3v) is 15.4. The molecule has 0 aromatic carbocycles. The fraction of sp³-hybridized carbons (Fsp3) is 0.447. The van der Waals surface area contributed by atoms with E-state index in [1.807, 2.05) is 0 Å². The van der Waals surface area contributed by atoms with Gasteiger partial charge in [-0.1, -0.05) is 34.8 Å². The van der Waals surface area contributed by atoms with Crippen LogP contribution in [0.25, 0.3) is 0 Å². The van der Waals surface area contributed by atoms with E-state index < -0.39 is 160 Å². The number of nitrogens with two attached hydrogens (primary N) is 1. The van der Waals surface area contributed by atoms with Crippen LogP contribution in [0.4, 0.5) is 28.4 Å². The molecule has 1 aliphatic carbocycles. The van der Waals surface area contributed by atoms with E-state index in [1.54, 1.807) is 89.2 Å². The van der Waals surface area contributed by atoms with E-state index in [1.165, 1.54) is 61.7 Å². The Hall–Kier alpha value is -14.2. The van der Waals surface area contributed by atoms with Crippen molar-refractivity contribution in [3.63, 3.8) is 0 Å². The third-order valence-electron chi connectivity index (χ3n) is 14.5. The number of nitrogen functional groups attached to an aromatic ring is 1. The zero-order valence-electron chi connectivity index (χ0n) is 72.7. The van der Waals surface area contributed by atoms with E-state index in [-0.39, 0.29) is 98.8 Å². The Labute approximate surface area is 737 Å². The summed E-state index contributed by atoms with van der Waals surface area (Å²) in [6.45, 7) is 21.6. The molecule has 51 heteroatoms. The van der Waals surface area contributed by atoms with Crippen LogP contribution in [-0.4, -0.2) is 234 Å². The molecule has 0 amide bonds. The molecule has 6 aromatic rings. The van der Waals surface area contributed by atoms with Gasteiger partial charge in [-0.25, -0.2) is 53.9 Å². The number of ether oxygens (including phenoxy) is 16. The Morgan fingerprint density at radius 1 is 0.417 bits per heavy atom. The zero-order chi connectivity index (χ0) is 97.8. The maximum atomic E-state index is 12.7. The van der Waals surface area contributed by atoms with Crippen LogP contribution in [0.2, 0.25) is 15.1 Å². The summed E-state index contributed by atoms with van der Waals surface area (Å²) in [6, 6.07) is 7.06. The highest BCUT2D eigenvalue weighted by Gasteiger charge is 2.43. The Balaban J connectivity index is 0.000000756. The minimum atomic E-state index is -1.83. The number of aromatic nitrogens is 6. The van der Waals surface area contributed by atoms with Crippen molar-refractivity contribution in [2.75, 3.05) is 96.7 Å². The number of fused-ring (bicyclic) bond motifs is 1. The highest BCUT2D eigenvalue weighted by Crippen LogP contribution is 2.40. The summed E-state index contributed by atoms with van der Waals surface area (Å²) in [5, 5.41) is 51.4. The first-order chi connectivity index (χ1) is 59.0. The fourth-order valence-corrected chi connectivity index (χ4v) is 10.4. The number of carboxylic acid groups (broad SMARTS) is 1. The maximum Gasteiger partial charge on any atom is 0.356 e. The second kappa shape index (κ2) is 51.2. The first kappa shape index (κ1) is 111. The van der Waals surface area contributed by atoms with Gasteiger partial charge in [0, 0.05) is 29.7 Å². The summed E-state index contributed by atoms with van der Waals surface area (Å²) in [4.78, 5) is 203. The number of methoxy groups -OCH3 is 10. The normalized spacial score (nSPS) is 11.3. The number of anilines is 1. The van der Waals surface area contributed by atoms with Crippen molar-refractivity contribution in [3.8, 4) is 35.3 Å². The van der Waals surface area contributed by atoms with Gasteiger partial charge in [0.05, 0.1) is 122 Å². The van der Waals surface area contributed by atoms with Crippen LogP contribution < -0.4 is 34.2 Å². The molecule has 694 valence electrons. The van der Waals surface area contributed by atoms with Gasteiger partial charge in [0.15, 0.2) is 40.3 Å². The topological polar surface area (TPSA) is 649 Å². The van der Waals surface area contributed by atoms with Gasteiger partial charge in [-0.15, -0.1) is 0 Å². The zero-order valence-corrected chi connectivity index (χ0v) is 75.0. The number of hydrogen-bond acceptors (Lipinski definition) is 43. The summed E-state index contributed by atoms with van der Waals surface area (Å²) in [7, 11) is 12.2. The van der Waals surface area contributed by atoms with E-state index in [4.69, 9.17) is 88.3 Å². The number of hydrogen-bond donors (Lipinski definition) is 2. The number of ketones is 1. The Morgan fingerprint density at radius 3 is 1.09 bits per heavy atom. The van der Waals surface area contributed by atoms with Gasteiger partial charge in [-0.05, 0) is 132 Å². The number of pyridine rings is 6. The smallest absolute Gasteiger partial charge is 0.356 e. The van der Waals surface area contributed by atoms with E-state index in [2.05, 4.69) is 63.1 Å². The van der Waals surface area contributed by atoms with Crippen LogP contribution in [0.15, 0.2) is 36.4 Å².